The fourth-order valence-electron chi connectivity index (χ4n) is 4.19. The molecule has 2 nitrogen and oxygen atoms in total. The lowest BCUT2D eigenvalue weighted by Gasteiger charge is -2.40. The molecule has 120 valence electrons. The summed E-state index contributed by atoms with van der Waals surface area (Å²) in [5, 5.41) is 9.14. The summed E-state index contributed by atoms with van der Waals surface area (Å²) in [7, 11) is 0. The maximum Gasteiger partial charge on any atom is 0.0496 e. The normalized spacial score (nSPS) is 31.7. The molecule has 0 spiro atoms. The van der Waals surface area contributed by atoms with E-state index in [2.05, 4.69) is 58.7 Å². The maximum absolute atomic E-state index is 4.61. The van der Waals surface area contributed by atoms with E-state index >= 15 is 0 Å². The smallest absolute Gasteiger partial charge is 0.0496 e. The SMILES string of the molecule is CC1=NN=C(C(C)(C)C)C2CCCC(C(C)(C)C)CCC12. The van der Waals surface area contributed by atoms with Gasteiger partial charge in [0.25, 0.3) is 0 Å². The first-order valence-electron chi connectivity index (χ1n) is 8.73. The lowest BCUT2D eigenvalue weighted by atomic mass is 9.66. The molecule has 0 N–H and O–H groups in total. The van der Waals surface area contributed by atoms with Gasteiger partial charge in [-0.3, -0.25) is 0 Å². The van der Waals surface area contributed by atoms with Crippen LogP contribution in [0.25, 0.3) is 0 Å². The monoisotopic (exact) mass is 290 g/mol. The van der Waals surface area contributed by atoms with E-state index in [1.807, 2.05) is 0 Å². The van der Waals surface area contributed by atoms with Crippen molar-refractivity contribution in [2.75, 3.05) is 0 Å². The van der Waals surface area contributed by atoms with Gasteiger partial charge in [-0.2, -0.15) is 10.2 Å². The molecule has 0 saturated heterocycles. The summed E-state index contributed by atoms with van der Waals surface area (Å²) in [6.07, 6.45) is 6.64. The van der Waals surface area contributed by atoms with Crippen molar-refractivity contribution in [3.63, 3.8) is 0 Å². The Hall–Kier alpha value is -0.660. The number of rotatable bonds is 0. The average molecular weight is 290 g/mol. The van der Waals surface area contributed by atoms with E-state index in [0.717, 1.165) is 5.92 Å². The summed E-state index contributed by atoms with van der Waals surface area (Å²) in [5.41, 5.74) is 3.19. The van der Waals surface area contributed by atoms with Crippen molar-refractivity contribution in [1.82, 2.24) is 0 Å². The Bertz CT molecular complexity index is 431. The molecule has 1 heterocycles. The van der Waals surface area contributed by atoms with Gasteiger partial charge in [0.05, 0.1) is 0 Å². The van der Waals surface area contributed by atoms with Gasteiger partial charge in [0.15, 0.2) is 0 Å². The highest BCUT2D eigenvalue weighted by molar-refractivity contribution is 5.99. The van der Waals surface area contributed by atoms with E-state index in [0.29, 0.717) is 17.3 Å². The summed E-state index contributed by atoms with van der Waals surface area (Å²) in [5.74, 6) is 2.11. The van der Waals surface area contributed by atoms with Crippen LogP contribution in [0.4, 0.5) is 0 Å². The first-order valence-corrected chi connectivity index (χ1v) is 8.73. The quantitative estimate of drug-likeness (QED) is 0.545. The molecule has 1 aliphatic heterocycles. The van der Waals surface area contributed by atoms with Gasteiger partial charge in [-0.15, -0.1) is 0 Å². The second kappa shape index (κ2) is 5.85. The third kappa shape index (κ3) is 3.76. The molecule has 0 amide bonds. The Kier molecular flexibility index (Phi) is 4.66. The first kappa shape index (κ1) is 16.7. The second-order valence-corrected chi connectivity index (χ2v) is 9.26. The molecular weight excluding hydrogens is 256 g/mol. The molecule has 21 heavy (non-hydrogen) atoms. The van der Waals surface area contributed by atoms with Crippen molar-refractivity contribution in [3.8, 4) is 0 Å². The van der Waals surface area contributed by atoms with Gasteiger partial charge in [0.2, 0.25) is 0 Å². The number of hydrogen-bond acceptors (Lipinski definition) is 2. The zero-order chi connectivity index (χ0) is 15.8. The molecular formula is C19H34N2. The second-order valence-electron chi connectivity index (χ2n) is 9.26. The molecule has 0 bridgehead atoms. The summed E-state index contributed by atoms with van der Waals surface area (Å²) < 4.78 is 0. The van der Waals surface area contributed by atoms with Crippen molar-refractivity contribution in [3.05, 3.63) is 0 Å². The molecule has 2 aliphatic rings. The van der Waals surface area contributed by atoms with Gasteiger partial charge in [-0.25, -0.2) is 0 Å². The predicted molar refractivity (Wildman–Crippen MR) is 93.0 cm³/mol. The molecule has 0 aromatic rings. The number of fused-ring (bicyclic) bond motifs is 1. The molecule has 0 aromatic heterocycles. The molecule has 1 saturated carbocycles. The first-order chi connectivity index (χ1) is 9.60. The van der Waals surface area contributed by atoms with Gasteiger partial charge in [-0.1, -0.05) is 48.0 Å². The minimum absolute atomic E-state index is 0.149. The van der Waals surface area contributed by atoms with Crippen LogP contribution in [-0.2, 0) is 0 Å². The van der Waals surface area contributed by atoms with Crippen LogP contribution in [-0.4, -0.2) is 11.4 Å². The van der Waals surface area contributed by atoms with Crippen LogP contribution in [0.15, 0.2) is 10.2 Å². The van der Waals surface area contributed by atoms with Crippen molar-refractivity contribution in [1.29, 1.82) is 0 Å². The molecule has 3 atom stereocenters. The molecule has 0 radical (unpaired) electrons. The lowest BCUT2D eigenvalue weighted by Crippen LogP contribution is -2.40. The molecule has 1 fully saturated rings. The van der Waals surface area contributed by atoms with Crippen LogP contribution < -0.4 is 0 Å². The van der Waals surface area contributed by atoms with Crippen molar-refractivity contribution in [2.24, 2.45) is 38.8 Å². The maximum atomic E-state index is 4.61. The summed E-state index contributed by atoms with van der Waals surface area (Å²) in [4.78, 5) is 0. The fourth-order valence-corrected chi connectivity index (χ4v) is 4.19. The van der Waals surface area contributed by atoms with Crippen LogP contribution in [0.2, 0.25) is 0 Å². The van der Waals surface area contributed by atoms with E-state index in [1.54, 1.807) is 0 Å². The molecule has 2 rings (SSSR count). The van der Waals surface area contributed by atoms with Crippen LogP contribution in [0.5, 0.6) is 0 Å². The van der Waals surface area contributed by atoms with E-state index in [-0.39, 0.29) is 5.41 Å². The predicted octanol–water partition coefficient (Wildman–Crippen LogP) is 5.72. The van der Waals surface area contributed by atoms with E-state index < -0.39 is 0 Å². The molecule has 3 unspecified atom stereocenters. The third-order valence-electron chi connectivity index (χ3n) is 5.58. The van der Waals surface area contributed by atoms with Crippen LogP contribution in [0, 0.1) is 28.6 Å². The van der Waals surface area contributed by atoms with Crippen molar-refractivity contribution >= 4 is 11.4 Å². The van der Waals surface area contributed by atoms with Crippen LogP contribution in [0.1, 0.15) is 80.6 Å². The minimum Gasteiger partial charge on any atom is -0.160 e. The minimum atomic E-state index is 0.149. The van der Waals surface area contributed by atoms with Crippen molar-refractivity contribution in [2.45, 2.75) is 80.6 Å². The lowest BCUT2D eigenvalue weighted by molar-refractivity contribution is 0.177. The largest absolute Gasteiger partial charge is 0.160 e. The Morgan fingerprint density at radius 1 is 0.810 bits per heavy atom. The molecule has 0 aromatic carbocycles. The molecule has 1 aliphatic carbocycles. The topological polar surface area (TPSA) is 24.7 Å². The zero-order valence-corrected chi connectivity index (χ0v) is 15.2. The van der Waals surface area contributed by atoms with Crippen molar-refractivity contribution < 1.29 is 0 Å². The molecule has 2 heteroatoms. The summed E-state index contributed by atoms with van der Waals surface area (Å²) >= 11 is 0. The van der Waals surface area contributed by atoms with E-state index in [9.17, 15) is 0 Å². The van der Waals surface area contributed by atoms with Gasteiger partial charge >= 0.3 is 0 Å². The Morgan fingerprint density at radius 2 is 1.48 bits per heavy atom. The fraction of sp³-hybridized carbons (Fsp3) is 0.895. The number of nitrogens with zero attached hydrogens (tertiary/aromatic N) is 2. The standard InChI is InChI=1S/C19H34N2/c1-13-15-12-11-14(18(2,3)4)9-8-10-16(15)17(21-20-13)19(5,6)7/h14-16H,8-12H2,1-7H3. The van der Waals surface area contributed by atoms with Gasteiger partial charge in [0, 0.05) is 28.7 Å². The average Bonchev–Trinajstić information content (AvgIpc) is 2.27. The van der Waals surface area contributed by atoms with E-state index in [1.165, 1.54) is 43.5 Å². The van der Waals surface area contributed by atoms with Crippen LogP contribution in [0.3, 0.4) is 0 Å². The Balaban J connectivity index is 2.21. The Labute approximate surface area is 131 Å². The summed E-state index contributed by atoms with van der Waals surface area (Å²) in [6, 6.07) is 0. The van der Waals surface area contributed by atoms with E-state index in [4.69, 9.17) is 0 Å². The van der Waals surface area contributed by atoms with Gasteiger partial charge in [0.1, 0.15) is 0 Å². The Morgan fingerprint density at radius 3 is 2.05 bits per heavy atom. The van der Waals surface area contributed by atoms with Gasteiger partial charge in [-0.05, 0) is 43.9 Å². The highest BCUT2D eigenvalue weighted by Gasteiger charge is 2.39. The zero-order valence-electron chi connectivity index (χ0n) is 15.2. The number of hydrogen-bond donors (Lipinski definition) is 0. The third-order valence-corrected chi connectivity index (χ3v) is 5.58. The highest BCUT2D eigenvalue weighted by atomic mass is 15.2. The summed E-state index contributed by atoms with van der Waals surface area (Å²) in [6.45, 7) is 16.3. The van der Waals surface area contributed by atoms with Crippen LogP contribution >= 0.6 is 0 Å². The van der Waals surface area contributed by atoms with Gasteiger partial charge < -0.3 is 0 Å². The highest BCUT2D eigenvalue weighted by Crippen LogP contribution is 2.42.